The molecular formula is C18H17N7O4S. The normalized spacial score (nSPS) is 10.8. The number of amides is 1. The maximum atomic E-state index is 12.0. The molecule has 0 unspecified atom stereocenters. The third kappa shape index (κ3) is 5.11. The number of carbonyl (C=O) groups excluding carboxylic acids is 1. The number of nitrogens with two attached hydrogens (primary N) is 1. The first kappa shape index (κ1) is 20.8. The van der Waals surface area contributed by atoms with Crippen LogP contribution in [-0.2, 0) is 4.79 Å². The van der Waals surface area contributed by atoms with Crippen molar-refractivity contribution in [2.24, 2.45) is 5.10 Å². The number of ether oxygens (including phenoxy) is 1. The van der Waals surface area contributed by atoms with Gasteiger partial charge < -0.3 is 10.6 Å². The number of benzene rings is 2. The average molecular weight is 427 g/mol. The van der Waals surface area contributed by atoms with E-state index in [1.54, 1.807) is 31.4 Å². The van der Waals surface area contributed by atoms with Crippen LogP contribution >= 0.6 is 11.8 Å². The second-order valence-electron chi connectivity index (χ2n) is 5.84. The number of nitrogen functional groups attached to an aromatic ring is 1. The largest absolute Gasteiger partial charge is 0.497 e. The van der Waals surface area contributed by atoms with Crippen molar-refractivity contribution in [1.29, 1.82) is 0 Å². The fourth-order valence-electron chi connectivity index (χ4n) is 2.34. The quantitative estimate of drug-likeness (QED) is 0.182. The summed E-state index contributed by atoms with van der Waals surface area (Å²) >= 11 is 1.11. The predicted octanol–water partition coefficient (Wildman–Crippen LogP) is 1.82. The number of non-ortho nitro benzene ring substituents is 1. The Balaban J connectivity index is 1.53. The Morgan fingerprint density at radius 2 is 1.97 bits per heavy atom. The van der Waals surface area contributed by atoms with Crippen molar-refractivity contribution in [3.63, 3.8) is 0 Å². The molecule has 0 aliphatic heterocycles. The number of methoxy groups -OCH3 is 1. The molecule has 0 atom stereocenters. The van der Waals surface area contributed by atoms with E-state index in [0.29, 0.717) is 22.3 Å². The maximum Gasteiger partial charge on any atom is 0.269 e. The van der Waals surface area contributed by atoms with Gasteiger partial charge in [-0.1, -0.05) is 11.8 Å². The number of hydrogen-bond donors (Lipinski definition) is 2. The van der Waals surface area contributed by atoms with E-state index >= 15 is 0 Å². The van der Waals surface area contributed by atoms with Crippen LogP contribution in [0.2, 0.25) is 0 Å². The Labute approximate surface area is 175 Å². The van der Waals surface area contributed by atoms with Crippen molar-refractivity contribution in [3.05, 3.63) is 64.2 Å². The van der Waals surface area contributed by atoms with Gasteiger partial charge in [-0.25, -0.2) is 10.1 Å². The number of nitrogens with zero attached hydrogens (tertiary/aromatic N) is 5. The van der Waals surface area contributed by atoms with Crippen LogP contribution in [0.3, 0.4) is 0 Å². The average Bonchev–Trinajstić information content (AvgIpc) is 3.13. The Morgan fingerprint density at radius 1 is 1.27 bits per heavy atom. The topological polar surface area (TPSA) is 151 Å². The van der Waals surface area contributed by atoms with Gasteiger partial charge in [-0.15, -0.1) is 10.2 Å². The smallest absolute Gasteiger partial charge is 0.269 e. The lowest BCUT2D eigenvalue weighted by Crippen LogP contribution is -2.20. The summed E-state index contributed by atoms with van der Waals surface area (Å²) in [5, 5.41) is 22.9. The van der Waals surface area contributed by atoms with Gasteiger partial charge in [0.05, 0.1) is 24.0 Å². The van der Waals surface area contributed by atoms with Crippen molar-refractivity contribution in [2.75, 3.05) is 18.7 Å². The number of aromatic nitrogens is 3. The number of nitro benzene ring substituents is 1. The molecule has 3 N–H and O–H groups in total. The van der Waals surface area contributed by atoms with E-state index in [0.717, 1.165) is 17.3 Å². The molecule has 11 nitrogen and oxygen atoms in total. The Hall–Kier alpha value is -3.93. The van der Waals surface area contributed by atoms with Crippen LogP contribution in [0.5, 0.6) is 5.75 Å². The molecule has 1 amide bonds. The summed E-state index contributed by atoms with van der Waals surface area (Å²) in [4.78, 5) is 22.1. The van der Waals surface area contributed by atoms with E-state index in [2.05, 4.69) is 20.7 Å². The van der Waals surface area contributed by atoms with Crippen molar-refractivity contribution in [2.45, 2.75) is 5.16 Å². The Bertz CT molecular complexity index is 1070. The van der Waals surface area contributed by atoms with Crippen molar-refractivity contribution in [3.8, 4) is 17.1 Å². The standard InChI is InChI=1S/C18H17N7O4S/c1-29-15-8-4-13(5-9-15)17-22-23-18(24(17)19)30-11-16(26)21-20-10-12-2-6-14(7-3-12)25(27)28/h2-10H,11,19H2,1H3,(H,21,26)/b20-10+. The molecule has 154 valence electrons. The highest BCUT2D eigenvalue weighted by molar-refractivity contribution is 7.99. The highest BCUT2D eigenvalue weighted by atomic mass is 32.2. The highest BCUT2D eigenvalue weighted by Gasteiger charge is 2.13. The van der Waals surface area contributed by atoms with Crippen LogP contribution in [0.15, 0.2) is 58.8 Å². The molecule has 0 saturated carbocycles. The van der Waals surface area contributed by atoms with Crippen LogP contribution in [-0.4, -0.2) is 44.8 Å². The molecular weight excluding hydrogens is 410 g/mol. The van der Waals surface area contributed by atoms with E-state index in [9.17, 15) is 14.9 Å². The van der Waals surface area contributed by atoms with Crippen molar-refractivity contribution >= 4 is 29.6 Å². The molecule has 3 aromatic rings. The van der Waals surface area contributed by atoms with E-state index in [4.69, 9.17) is 10.6 Å². The van der Waals surface area contributed by atoms with Gasteiger partial charge in [0.25, 0.3) is 11.6 Å². The molecule has 0 spiro atoms. The molecule has 30 heavy (non-hydrogen) atoms. The molecule has 0 bridgehead atoms. The highest BCUT2D eigenvalue weighted by Crippen LogP contribution is 2.23. The summed E-state index contributed by atoms with van der Waals surface area (Å²) in [6.45, 7) is 0. The van der Waals surface area contributed by atoms with E-state index in [-0.39, 0.29) is 17.3 Å². The van der Waals surface area contributed by atoms with Crippen LogP contribution in [0.4, 0.5) is 5.69 Å². The van der Waals surface area contributed by atoms with Gasteiger partial charge in [-0.3, -0.25) is 14.9 Å². The monoisotopic (exact) mass is 427 g/mol. The number of rotatable bonds is 8. The summed E-state index contributed by atoms with van der Waals surface area (Å²) in [5.41, 5.74) is 3.72. The van der Waals surface area contributed by atoms with E-state index < -0.39 is 4.92 Å². The van der Waals surface area contributed by atoms with Gasteiger partial charge in [0.2, 0.25) is 5.16 Å². The fourth-order valence-corrected chi connectivity index (χ4v) is 2.98. The zero-order valence-electron chi connectivity index (χ0n) is 15.8. The molecule has 1 aromatic heterocycles. The van der Waals surface area contributed by atoms with Crippen LogP contribution in [0.25, 0.3) is 11.4 Å². The molecule has 1 heterocycles. The second kappa shape index (κ2) is 9.52. The number of hydrazone groups is 1. The Morgan fingerprint density at radius 3 is 2.60 bits per heavy atom. The summed E-state index contributed by atoms with van der Waals surface area (Å²) in [7, 11) is 1.58. The lowest BCUT2D eigenvalue weighted by molar-refractivity contribution is -0.384. The molecule has 2 aromatic carbocycles. The van der Waals surface area contributed by atoms with Crippen molar-refractivity contribution < 1.29 is 14.5 Å². The summed E-state index contributed by atoms with van der Waals surface area (Å²) < 4.78 is 6.42. The number of hydrogen-bond acceptors (Lipinski definition) is 9. The summed E-state index contributed by atoms with van der Waals surface area (Å²) in [5.74, 6) is 6.85. The molecule has 3 rings (SSSR count). The molecule has 0 fully saturated rings. The molecule has 0 saturated heterocycles. The third-order valence-electron chi connectivity index (χ3n) is 3.85. The lowest BCUT2D eigenvalue weighted by atomic mass is 10.2. The van der Waals surface area contributed by atoms with Gasteiger partial charge in [-0.05, 0) is 42.0 Å². The number of nitro groups is 1. The predicted molar refractivity (Wildman–Crippen MR) is 112 cm³/mol. The fraction of sp³-hybridized carbons (Fsp3) is 0.111. The second-order valence-corrected chi connectivity index (χ2v) is 6.78. The van der Waals surface area contributed by atoms with E-state index in [1.165, 1.54) is 35.2 Å². The van der Waals surface area contributed by atoms with Crippen LogP contribution < -0.4 is 16.0 Å². The SMILES string of the molecule is COc1ccc(-c2nnc(SCC(=O)N/N=C/c3ccc([N+](=O)[O-])cc3)n2N)cc1. The van der Waals surface area contributed by atoms with Gasteiger partial charge in [-0.2, -0.15) is 5.10 Å². The first-order valence-corrected chi connectivity index (χ1v) is 9.50. The summed E-state index contributed by atoms with van der Waals surface area (Å²) in [6, 6.07) is 12.9. The first-order chi connectivity index (χ1) is 14.5. The van der Waals surface area contributed by atoms with Gasteiger partial charge in [0, 0.05) is 17.7 Å². The minimum Gasteiger partial charge on any atom is -0.497 e. The minimum atomic E-state index is -0.490. The minimum absolute atomic E-state index is 0.0208. The third-order valence-corrected chi connectivity index (χ3v) is 4.79. The lowest BCUT2D eigenvalue weighted by Gasteiger charge is -2.04. The number of nitrogens with one attached hydrogen (secondary N) is 1. The van der Waals surface area contributed by atoms with Gasteiger partial charge in [0.15, 0.2) is 5.82 Å². The van der Waals surface area contributed by atoms with Crippen LogP contribution in [0.1, 0.15) is 5.56 Å². The number of thioether (sulfide) groups is 1. The first-order valence-electron chi connectivity index (χ1n) is 8.52. The zero-order chi connectivity index (χ0) is 21.5. The van der Waals surface area contributed by atoms with Crippen LogP contribution in [0, 0.1) is 10.1 Å². The zero-order valence-corrected chi connectivity index (χ0v) is 16.6. The molecule has 0 aliphatic carbocycles. The molecule has 0 aliphatic rings. The number of carbonyl (C=O) groups is 1. The molecule has 0 radical (unpaired) electrons. The van der Waals surface area contributed by atoms with Gasteiger partial charge >= 0.3 is 0 Å². The maximum absolute atomic E-state index is 12.0. The molecule has 12 heteroatoms. The van der Waals surface area contributed by atoms with E-state index in [1.807, 2.05) is 0 Å². The van der Waals surface area contributed by atoms with Crippen molar-refractivity contribution in [1.82, 2.24) is 20.3 Å². The summed E-state index contributed by atoms with van der Waals surface area (Å²) in [6.07, 6.45) is 1.39. The Kier molecular flexibility index (Phi) is 6.60. The van der Waals surface area contributed by atoms with Gasteiger partial charge in [0.1, 0.15) is 5.75 Å².